The van der Waals surface area contributed by atoms with Gasteiger partial charge in [-0.3, -0.25) is 0 Å². The van der Waals surface area contributed by atoms with Crippen molar-refractivity contribution in [2.24, 2.45) is 0 Å². The molecule has 198 valence electrons. The summed E-state index contributed by atoms with van der Waals surface area (Å²) in [6.45, 7) is 8.20. The van der Waals surface area contributed by atoms with Crippen LogP contribution in [0, 0.1) is 43.0 Å². The average Bonchev–Trinajstić information content (AvgIpc) is 3.69. The van der Waals surface area contributed by atoms with Crippen molar-refractivity contribution >= 4 is 22.6 Å². The Morgan fingerprint density at radius 3 is 1.54 bits per heavy atom. The fourth-order valence-electron chi connectivity index (χ4n) is 4.45. The highest BCUT2D eigenvalue weighted by Gasteiger charge is 2.12. The van der Waals surface area contributed by atoms with E-state index >= 15 is 0 Å². The van der Waals surface area contributed by atoms with Gasteiger partial charge in [0.05, 0.1) is 11.4 Å². The summed E-state index contributed by atoms with van der Waals surface area (Å²) >= 11 is 2.24. The standard InChI is InChI=1S/C15H13FIN3.C15H14FN3/c1-10-3-4-11(2)19(10)15-9-14(17)20(18-15)13-7-5-12(16)6-8-13;1-11-3-4-12(2)19(11)15-9-10-18(17-15)14-7-5-13(16)6-8-14/h3-9H,1-2H3;3-10H,1-2H3. The molecule has 4 aromatic heterocycles. The Kier molecular flexibility index (Phi) is 7.51. The van der Waals surface area contributed by atoms with E-state index in [4.69, 9.17) is 0 Å². The van der Waals surface area contributed by atoms with Gasteiger partial charge in [0, 0.05) is 41.1 Å². The fraction of sp³-hybridized carbons (Fsp3) is 0.133. The van der Waals surface area contributed by atoms with Crippen LogP contribution < -0.4 is 0 Å². The van der Waals surface area contributed by atoms with Crippen LogP contribution in [0.5, 0.6) is 0 Å². The van der Waals surface area contributed by atoms with Crippen LogP contribution in [-0.2, 0) is 0 Å². The summed E-state index contributed by atoms with van der Waals surface area (Å²) in [6.07, 6.45) is 1.88. The molecule has 0 saturated heterocycles. The number of hydrogen-bond donors (Lipinski definition) is 0. The van der Waals surface area contributed by atoms with E-state index in [-0.39, 0.29) is 11.6 Å². The van der Waals surface area contributed by atoms with E-state index in [0.717, 1.165) is 49.5 Å². The molecule has 0 saturated carbocycles. The number of benzene rings is 2. The molecule has 2 aromatic carbocycles. The van der Waals surface area contributed by atoms with Crippen LogP contribution in [0.25, 0.3) is 23.0 Å². The zero-order valence-electron chi connectivity index (χ0n) is 22.0. The quantitative estimate of drug-likeness (QED) is 0.189. The molecule has 39 heavy (non-hydrogen) atoms. The number of hydrogen-bond acceptors (Lipinski definition) is 2. The summed E-state index contributed by atoms with van der Waals surface area (Å²) in [5.41, 5.74) is 6.26. The van der Waals surface area contributed by atoms with Crippen LogP contribution >= 0.6 is 22.6 Å². The van der Waals surface area contributed by atoms with Gasteiger partial charge in [0.2, 0.25) is 0 Å². The number of nitrogens with zero attached hydrogens (tertiary/aromatic N) is 6. The Bertz CT molecular complexity index is 1680. The molecule has 9 heteroatoms. The van der Waals surface area contributed by atoms with Crippen molar-refractivity contribution in [2.45, 2.75) is 27.7 Å². The van der Waals surface area contributed by atoms with Gasteiger partial charge in [-0.2, -0.15) is 0 Å². The smallest absolute Gasteiger partial charge is 0.160 e. The van der Waals surface area contributed by atoms with Crippen molar-refractivity contribution in [3.63, 3.8) is 0 Å². The second-order valence-electron chi connectivity index (χ2n) is 9.21. The van der Waals surface area contributed by atoms with Crippen molar-refractivity contribution in [3.05, 3.63) is 129 Å². The lowest BCUT2D eigenvalue weighted by molar-refractivity contribution is 0.626. The first-order valence-electron chi connectivity index (χ1n) is 12.3. The van der Waals surface area contributed by atoms with E-state index in [2.05, 4.69) is 80.0 Å². The summed E-state index contributed by atoms with van der Waals surface area (Å²) in [5.74, 6) is 1.25. The predicted molar refractivity (Wildman–Crippen MR) is 157 cm³/mol. The van der Waals surface area contributed by atoms with Crippen LogP contribution in [0.1, 0.15) is 22.8 Å². The number of rotatable bonds is 4. The Labute approximate surface area is 239 Å². The minimum atomic E-state index is -0.242. The molecule has 0 aliphatic rings. The zero-order valence-corrected chi connectivity index (χ0v) is 24.1. The van der Waals surface area contributed by atoms with Crippen LogP contribution in [0.15, 0.2) is 91.1 Å². The topological polar surface area (TPSA) is 45.5 Å². The lowest BCUT2D eigenvalue weighted by atomic mass is 10.3. The first-order valence-corrected chi connectivity index (χ1v) is 13.4. The van der Waals surface area contributed by atoms with Gasteiger partial charge < -0.3 is 9.13 Å². The van der Waals surface area contributed by atoms with Crippen molar-refractivity contribution < 1.29 is 8.78 Å². The van der Waals surface area contributed by atoms with Gasteiger partial charge in [0.25, 0.3) is 0 Å². The second kappa shape index (κ2) is 11.0. The monoisotopic (exact) mass is 636 g/mol. The van der Waals surface area contributed by atoms with Crippen LogP contribution in [0.4, 0.5) is 8.78 Å². The molecule has 0 radical (unpaired) electrons. The van der Waals surface area contributed by atoms with Gasteiger partial charge in [-0.1, -0.05) is 0 Å². The summed E-state index contributed by atoms with van der Waals surface area (Å²) in [4.78, 5) is 0. The summed E-state index contributed by atoms with van der Waals surface area (Å²) in [6, 6.07) is 24.9. The lowest BCUT2D eigenvalue weighted by Gasteiger charge is -2.05. The van der Waals surface area contributed by atoms with E-state index in [0.29, 0.717) is 0 Å². The lowest BCUT2D eigenvalue weighted by Crippen LogP contribution is -2.02. The minimum absolute atomic E-state index is 0.242. The SMILES string of the molecule is Cc1ccc(C)n1-c1cc(I)n(-c2ccc(F)cc2)n1.Cc1ccc(C)n1-c1ccn(-c2ccc(F)cc2)n1. The van der Waals surface area contributed by atoms with Gasteiger partial charge in [-0.05, 0) is 123 Å². The summed E-state index contributed by atoms with van der Waals surface area (Å²) in [7, 11) is 0. The third kappa shape index (κ3) is 5.58. The molecule has 0 amide bonds. The molecule has 6 rings (SSSR count). The Hall–Kier alpha value is -3.99. The minimum Gasteiger partial charge on any atom is -0.302 e. The maximum absolute atomic E-state index is 13.0. The molecule has 0 atom stereocenters. The van der Waals surface area contributed by atoms with E-state index in [1.807, 2.05) is 36.9 Å². The van der Waals surface area contributed by atoms with E-state index in [1.54, 1.807) is 28.9 Å². The molecule has 0 aliphatic heterocycles. The van der Waals surface area contributed by atoms with Crippen LogP contribution in [0.3, 0.4) is 0 Å². The number of halogens is 3. The normalized spacial score (nSPS) is 10.9. The number of aromatic nitrogens is 6. The number of aryl methyl sites for hydroxylation is 4. The Morgan fingerprint density at radius 1 is 0.564 bits per heavy atom. The molecule has 6 nitrogen and oxygen atoms in total. The third-order valence-electron chi connectivity index (χ3n) is 6.39. The fourth-order valence-corrected chi connectivity index (χ4v) is 5.12. The van der Waals surface area contributed by atoms with Gasteiger partial charge in [0.15, 0.2) is 11.6 Å². The molecule has 4 heterocycles. The highest BCUT2D eigenvalue weighted by Crippen LogP contribution is 2.21. The van der Waals surface area contributed by atoms with E-state index in [9.17, 15) is 8.78 Å². The van der Waals surface area contributed by atoms with Crippen molar-refractivity contribution in [1.29, 1.82) is 0 Å². The Balaban J connectivity index is 0.000000158. The first kappa shape index (κ1) is 26.6. The van der Waals surface area contributed by atoms with Gasteiger partial charge in [0.1, 0.15) is 15.3 Å². The molecular weight excluding hydrogens is 609 g/mol. The van der Waals surface area contributed by atoms with Gasteiger partial charge in [-0.25, -0.2) is 18.1 Å². The largest absolute Gasteiger partial charge is 0.302 e. The molecule has 6 aromatic rings. The van der Waals surface area contributed by atoms with Gasteiger partial charge >= 0.3 is 0 Å². The van der Waals surface area contributed by atoms with Crippen molar-refractivity contribution in [3.8, 4) is 23.0 Å². The summed E-state index contributed by atoms with van der Waals surface area (Å²) < 4.78 is 34.6. The van der Waals surface area contributed by atoms with E-state index in [1.165, 1.54) is 24.3 Å². The molecule has 0 aliphatic carbocycles. The first-order chi connectivity index (χ1) is 18.7. The molecule has 0 N–H and O–H groups in total. The van der Waals surface area contributed by atoms with Gasteiger partial charge in [-0.15, -0.1) is 10.2 Å². The highest BCUT2D eigenvalue weighted by atomic mass is 127. The Morgan fingerprint density at radius 2 is 1.03 bits per heavy atom. The maximum Gasteiger partial charge on any atom is 0.160 e. The molecule has 0 fully saturated rings. The maximum atomic E-state index is 13.0. The van der Waals surface area contributed by atoms with Crippen molar-refractivity contribution in [2.75, 3.05) is 0 Å². The molecule has 0 unspecified atom stereocenters. The third-order valence-corrected chi connectivity index (χ3v) is 7.16. The average molecular weight is 636 g/mol. The zero-order chi connectivity index (χ0) is 27.7. The van der Waals surface area contributed by atoms with Crippen molar-refractivity contribution in [1.82, 2.24) is 28.7 Å². The predicted octanol–water partition coefficient (Wildman–Crippen LogP) is 7.44. The summed E-state index contributed by atoms with van der Waals surface area (Å²) in [5, 5.41) is 9.15. The highest BCUT2D eigenvalue weighted by molar-refractivity contribution is 14.1. The second-order valence-corrected chi connectivity index (χ2v) is 10.3. The van der Waals surface area contributed by atoms with Crippen LogP contribution in [-0.4, -0.2) is 28.7 Å². The molecule has 0 spiro atoms. The molecular formula is C30H27F2IN6. The molecule has 0 bridgehead atoms. The van der Waals surface area contributed by atoms with Crippen LogP contribution in [0.2, 0.25) is 0 Å². The van der Waals surface area contributed by atoms with E-state index < -0.39 is 0 Å².